The molecule has 0 bridgehead atoms. The Morgan fingerprint density at radius 3 is 2.23 bits per heavy atom. The Kier molecular flexibility index (Phi) is 5.53. The zero-order valence-electron chi connectivity index (χ0n) is 12.4. The van der Waals surface area contributed by atoms with Crippen LogP contribution in [0.2, 0.25) is 0 Å². The van der Waals surface area contributed by atoms with Crippen molar-refractivity contribution in [1.29, 1.82) is 0 Å². The highest BCUT2D eigenvalue weighted by Crippen LogP contribution is 2.38. The van der Waals surface area contributed by atoms with Gasteiger partial charge in [-0.2, -0.15) is 0 Å². The van der Waals surface area contributed by atoms with Crippen molar-refractivity contribution < 1.29 is 18.3 Å². The average Bonchev–Trinajstić information content (AvgIpc) is 2.50. The number of alkyl halides is 2. The summed E-state index contributed by atoms with van der Waals surface area (Å²) >= 11 is 3.30. The summed E-state index contributed by atoms with van der Waals surface area (Å²) in [6.45, 7) is 0. The molecule has 118 valence electrons. The molecule has 0 aliphatic rings. The van der Waals surface area contributed by atoms with Crippen molar-refractivity contribution in [2.75, 3.05) is 14.2 Å². The monoisotopic (exact) mass is 370 g/mol. The lowest BCUT2D eigenvalue weighted by Crippen LogP contribution is -2.30. The van der Waals surface area contributed by atoms with Gasteiger partial charge in [-0.25, -0.2) is 8.78 Å². The van der Waals surface area contributed by atoms with Gasteiger partial charge in [0.1, 0.15) is 11.9 Å². The molecule has 0 saturated carbocycles. The molecule has 2 nitrogen and oxygen atoms in total. The lowest BCUT2D eigenvalue weighted by atomic mass is 9.97. The molecule has 2 rings (SSSR count). The number of halogens is 3. The fourth-order valence-electron chi connectivity index (χ4n) is 2.32. The molecular formula is C17H17BrF2O2. The van der Waals surface area contributed by atoms with E-state index in [9.17, 15) is 8.78 Å². The lowest BCUT2D eigenvalue weighted by molar-refractivity contribution is -0.126. The van der Waals surface area contributed by atoms with Gasteiger partial charge < -0.3 is 9.47 Å². The van der Waals surface area contributed by atoms with Gasteiger partial charge in [0.15, 0.2) is 0 Å². The van der Waals surface area contributed by atoms with E-state index in [1.165, 1.54) is 14.2 Å². The first kappa shape index (κ1) is 16.9. The Hall–Kier alpha value is -1.46. The van der Waals surface area contributed by atoms with Gasteiger partial charge in [-0.05, 0) is 29.3 Å². The fourth-order valence-corrected chi connectivity index (χ4v) is 2.74. The van der Waals surface area contributed by atoms with E-state index in [0.717, 1.165) is 0 Å². The largest absolute Gasteiger partial charge is 0.497 e. The van der Waals surface area contributed by atoms with Crippen LogP contribution in [0.5, 0.6) is 5.75 Å². The van der Waals surface area contributed by atoms with Crippen LogP contribution in [0.1, 0.15) is 17.2 Å². The molecule has 1 unspecified atom stereocenters. The number of hydrogen-bond donors (Lipinski definition) is 0. The maximum Gasteiger partial charge on any atom is 0.281 e. The molecule has 5 heteroatoms. The molecule has 0 amide bonds. The molecule has 2 aromatic rings. The summed E-state index contributed by atoms with van der Waals surface area (Å²) in [4.78, 5) is 0. The Morgan fingerprint density at radius 1 is 1.05 bits per heavy atom. The third-order valence-electron chi connectivity index (χ3n) is 3.42. The maximum atomic E-state index is 14.6. The molecule has 0 aliphatic heterocycles. The van der Waals surface area contributed by atoms with Crippen LogP contribution in [-0.4, -0.2) is 20.1 Å². The Labute approximate surface area is 137 Å². The van der Waals surface area contributed by atoms with Gasteiger partial charge in [0, 0.05) is 18.0 Å². The second-order valence-electron chi connectivity index (χ2n) is 4.92. The van der Waals surface area contributed by atoms with Crippen LogP contribution >= 0.6 is 15.9 Å². The predicted octanol–water partition coefficient (Wildman–Crippen LogP) is 5.02. The minimum absolute atomic E-state index is 0.404. The Morgan fingerprint density at radius 2 is 1.68 bits per heavy atom. The van der Waals surface area contributed by atoms with Gasteiger partial charge in [0.25, 0.3) is 5.92 Å². The molecule has 0 aromatic heterocycles. The van der Waals surface area contributed by atoms with E-state index in [0.29, 0.717) is 21.3 Å². The predicted molar refractivity (Wildman–Crippen MR) is 85.5 cm³/mol. The van der Waals surface area contributed by atoms with Crippen LogP contribution in [-0.2, 0) is 11.2 Å². The average molecular weight is 371 g/mol. The summed E-state index contributed by atoms with van der Waals surface area (Å²) in [6, 6.07) is 13.5. The van der Waals surface area contributed by atoms with E-state index in [1.807, 2.05) is 0 Å². The third kappa shape index (κ3) is 3.84. The van der Waals surface area contributed by atoms with E-state index in [-0.39, 0.29) is 0 Å². The molecule has 0 spiro atoms. The molecule has 0 fully saturated rings. The topological polar surface area (TPSA) is 18.5 Å². The quantitative estimate of drug-likeness (QED) is 0.710. The van der Waals surface area contributed by atoms with Gasteiger partial charge in [-0.1, -0.05) is 46.3 Å². The van der Waals surface area contributed by atoms with Gasteiger partial charge in [0.2, 0.25) is 0 Å². The normalized spacial score (nSPS) is 13.0. The van der Waals surface area contributed by atoms with Crippen LogP contribution in [0, 0.1) is 0 Å². The smallest absolute Gasteiger partial charge is 0.281 e. The second-order valence-corrected chi connectivity index (χ2v) is 5.77. The number of rotatable bonds is 6. The molecule has 0 radical (unpaired) electrons. The van der Waals surface area contributed by atoms with E-state index in [2.05, 4.69) is 15.9 Å². The van der Waals surface area contributed by atoms with E-state index in [1.54, 1.807) is 48.5 Å². The molecule has 0 N–H and O–H groups in total. The van der Waals surface area contributed by atoms with Crippen LogP contribution in [0.3, 0.4) is 0 Å². The van der Waals surface area contributed by atoms with E-state index >= 15 is 0 Å². The van der Waals surface area contributed by atoms with Crippen LogP contribution in [0.15, 0.2) is 53.0 Å². The van der Waals surface area contributed by atoms with Crippen LogP contribution in [0.4, 0.5) is 8.78 Å². The molecular weight excluding hydrogens is 354 g/mol. The first-order chi connectivity index (χ1) is 10.5. The van der Waals surface area contributed by atoms with Gasteiger partial charge in [0.05, 0.1) is 7.11 Å². The maximum absolute atomic E-state index is 14.6. The van der Waals surface area contributed by atoms with Crippen molar-refractivity contribution in [3.63, 3.8) is 0 Å². The van der Waals surface area contributed by atoms with E-state index < -0.39 is 18.4 Å². The van der Waals surface area contributed by atoms with E-state index in [4.69, 9.17) is 9.47 Å². The van der Waals surface area contributed by atoms with Crippen molar-refractivity contribution >= 4 is 15.9 Å². The summed E-state index contributed by atoms with van der Waals surface area (Å²) in [5.74, 6) is -2.42. The lowest BCUT2D eigenvalue weighted by Gasteiger charge is -2.26. The number of benzene rings is 2. The number of methoxy groups -OCH3 is 2. The van der Waals surface area contributed by atoms with Crippen molar-refractivity contribution in [3.05, 3.63) is 64.1 Å². The van der Waals surface area contributed by atoms with Gasteiger partial charge in [-0.3, -0.25) is 0 Å². The molecule has 0 aliphatic carbocycles. The Bertz CT molecular complexity index is 614. The van der Waals surface area contributed by atoms with Crippen LogP contribution in [0.25, 0.3) is 0 Å². The number of ether oxygens (including phenoxy) is 2. The molecule has 1 atom stereocenters. The summed E-state index contributed by atoms with van der Waals surface area (Å²) in [5, 5.41) is 0. The summed E-state index contributed by atoms with van der Waals surface area (Å²) in [6.07, 6.45) is -1.72. The van der Waals surface area contributed by atoms with Crippen molar-refractivity contribution in [1.82, 2.24) is 0 Å². The summed E-state index contributed by atoms with van der Waals surface area (Å²) in [5.41, 5.74) is 0.961. The SMILES string of the molecule is COc1ccc(C(OC)C(F)(F)Cc2ccccc2Br)cc1. The molecule has 0 heterocycles. The van der Waals surface area contributed by atoms with Crippen molar-refractivity contribution in [2.24, 2.45) is 0 Å². The number of hydrogen-bond acceptors (Lipinski definition) is 2. The zero-order valence-corrected chi connectivity index (χ0v) is 13.9. The first-order valence-corrected chi connectivity index (χ1v) is 7.55. The fraction of sp³-hybridized carbons (Fsp3) is 0.294. The minimum atomic E-state index is -3.03. The highest BCUT2D eigenvalue weighted by molar-refractivity contribution is 9.10. The molecule has 2 aromatic carbocycles. The van der Waals surface area contributed by atoms with Gasteiger partial charge in [-0.15, -0.1) is 0 Å². The molecule has 0 saturated heterocycles. The summed E-state index contributed by atoms with van der Waals surface area (Å²) < 4.78 is 40.1. The van der Waals surface area contributed by atoms with Crippen molar-refractivity contribution in [3.8, 4) is 5.75 Å². The molecule has 22 heavy (non-hydrogen) atoms. The highest BCUT2D eigenvalue weighted by Gasteiger charge is 2.41. The Balaban J connectivity index is 2.25. The van der Waals surface area contributed by atoms with Crippen LogP contribution < -0.4 is 4.74 Å². The highest BCUT2D eigenvalue weighted by atomic mass is 79.9. The van der Waals surface area contributed by atoms with Gasteiger partial charge >= 0.3 is 0 Å². The minimum Gasteiger partial charge on any atom is -0.497 e. The first-order valence-electron chi connectivity index (χ1n) is 6.76. The second kappa shape index (κ2) is 7.20. The zero-order chi connectivity index (χ0) is 16.2. The summed E-state index contributed by atoms with van der Waals surface area (Å²) in [7, 11) is 2.83. The van der Waals surface area contributed by atoms with Crippen molar-refractivity contribution in [2.45, 2.75) is 18.4 Å². The third-order valence-corrected chi connectivity index (χ3v) is 4.20. The standard InChI is InChI=1S/C17H17BrF2O2/c1-21-14-9-7-12(8-10-14)16(22-2)17(19,20)11-13-5-3-4-6-15(13)18/h3-10,16H,11H2,1-2H3.